The van der Waals surface area contributed by atoms with Crippen molar-refractivity contribution < 1.29 is 4.74 Å². The Kier molecular flexibility index (Phi) is 5.63. The monoisotopic (exact) mass is 311 g/mol. The van der Waals surface area contributed by atoms with E-state index in [1.165, 1.54) is 35.0 Å². The van der Waals surface area contributed by atoms with E-state index in [-0.39, 0.29) is 5.41 Å². The van der Waals surface area contributed by atoms with E-state index >= 15 is 0 Å². The topological polar surface area (TPSA) is 37.4 Å². The maximum Gasteiger partial charge on any atom is 0.185 e. The van der Waals surface area contributed by atoms with Crippen molar-refractivity contribution in [2.24, 2.45) is 0 Å². The minimum absolute atomic E-state index is 0.0907. The van der Waals surface area contributed by atoms with Gasteiger partial charge < -0.3 is 15.0 Å². The third kappa shape index (κ3) is 4.18. The summed E-state index contributed by atoms with van der Waals surface area (Å²) in [5.41, 5.74) is 1.33. The minimum atomic E-state index is 0.0907. The van der Waals surface area contributed by atoms with Crippen LogP contribution in [0.15, 0.2) is 0 Å². The molecule has 0 unspecified atom stereocenters. The van der Waals surface area contributed by atoms with Crippen LogP contribution in [0.3, 0.4) is 0 Å². The predicted molar refractivity (Wildman–Crippen MR) is 90.4 cm³/mol. The van der Waals surface area contributed by atoms with Gasteiger partial charge in [-0.2, -0.15) is 0 Å². The number of hydrogen-bond donors (Lipinski definition) is 1. The van der Waals surface area contributed by atoms with Crippen molar-refractivity contribution in [1.82, 2.24) is 10.3 Å². The van der Waals surface area contributed by atoms with Gasteiger partial charge in [0.2, 0.25) is 0 Å². The third-order valence-electron chi connectivity index (χ3n) is 4.09. The fraction of sp³-hybridized carbons (Fsp3) is 0.812. The van der Waals surface area contributed by atoms with E-state index < -0.39 is 0 Å². The fourth-order valence-corrected chi connectivity index (χ4v) is 3.78. The molecule has 1 aromatic rings. The first-order valence-electron chi connectivity index (χ1n) is 7.86. The molecule has 0 saturated heterocycles. The first-order chi connectivity index (χ1) is 9.93. The molecular weight excluding hydrogens is 282 g/mol. The molecule has 120 valence electrons. The van der Waals surface area contributed by atoms with Crippen molar-refractivity contribution >= 4 is 16.5 Å². The summed E-state index contributed by atoms with van der Waals surface area (Å²) >= 11 is 1.84. The summed E-state index contributed by atoms with van der Waals surface area (Å²) < 4.78 is 5.09. The molecular formula is C16H29N3OS. The first-order valence-corrected chi connectivity index (χ1v) is 8.68. The largest absolute Gasteiger partial charge is 0.383 e. The van der Waals surface area contributed by atoms with Gasteiger partial charge in [-0.25, -0.2) is 4.98 Å². The molecule has 0 aliphatic heterocycles. The molecule has 0 radical (unpaired) electrons. The first kappa shape index (κ1) is 16.7. The molecule has 4 nitrogen and oxygen atoms in total. The van der Waals surface area contributed by atoms with Crippen LogP contribution < -0.4 is 10.2 Å². The number of anilines is 1. The van der Waals surface area contributed by atoms with Crippen LogP contribution in [0.25, 0.3) is 0 Å². The zero-order valence-corrected chi connectivity index (χ0v) is 14.8. The van der Waals surface area contributed by atoms with Gasteiger partial charge in [0, 0.05) is 43.6 Å². The van der Waals surface area contributed by atoms with Crippen molar-refractivity contribution in [2.75, 3.05) is 32.2 Å². The van der Waals surface area contributed by atoms with Gasteiger partial charge in [0.05, 0.1) is 12.3 Å². The third-order valence-corrected chi connectivity index (χ3v) is 5.24. The molecule has 1 fully saturated rings. The molecule has 1 saturated carbocycles. The Labute approximate surface area is 132 Å². The van der Waals surface area contributed by atoms with Gasteiger partial charge in [0.15, 0.2) is 5.13 Å². The molecule has 21 heavy (non-hydrogen) atoms. The van der Waals surface area contributed by atoms with Crippen molar-refractivity contribution in [3.8, 4) is 0 Å². The minimum Gasteiger partial charge on any atom is -0.383 e. The van der Waals surface area contributed by atoms with E-state index in [1.54, 1.807) is 7.11 Å². The molecule has 1 heterocycles. The molecule has 1 N–H and O–H groups in total. The highest BCUT2D eigenvalue weighted by Crippen LogP contribution is 2.36. The average Bonchev–Trinajstić information content (AvgIpc) is 2.76. The van der Waals surface area contributed by atoms with E-state index in [0.29, 0.717) is 6.04 Å². The van der Waals surface area contributed by atoms with Crippen LogP contribution in [-0.4, -0.2) is 38.3 Å². The Morgan fingerprint density at radius 3 is 2.62 bits per heavy atom. The van der Waals surface area contributed by atoms with Gasteiger partial charge >= 0.3 is 0 Å². The van der Waals surface area contributed by atoms with Crippen LogP contribution in [0.5, 0.6) is 0 Å². The molecule has 1 aromatic heterocycles. The number of aromatic nitrogens is 1. The molecule has 1 aliphatic rings. The summed E-state index contributed by atoms with van der Waals surface area (Å²) in [4.78, 5) is 8.69. The highest BCUT2D eigenvalue weighted by molar-refractivity contribution is 7.15. The van der Waals surface area contributed by atoms with Crippen LogP contribution in [0.4, 0.5) is 5.13 Å². The molecule has 0 bridgehead atoms. The summed E-state index contributed by atoms with van der Waals surface area (Å²) in [6.45, 7) is 9.24. The highest BCUT2D eigenvalue weighted by atomic mass is 32.1. The molecule has 5 heteroatoms. The van der Waals surface area contributed by atoms with Crippen LogP contribution >= 0.6 is 11.3 Å². The van der Waals surface area contributed by atoms with E-state index in [0.717, 1.165) is 19.7 Å². The second-order valence-corrected chi connectivity index (χ2v) is 7.95. The zero-order chi connectivity index (χ0) is 15.5. The maximum absolute atomic E-state index is 5.09. The molecule has 0 atom stereocenters. The van der Waals surface area contributed by atoms with Gasteiger partial charge in [0.1, 0.15) is 0 Å². The SMILES string of the molecule is COCCNCc1sc(N(C)C2CCC2)nc1C(C)(C)C. The van der Waals surface area contributed by atoms with Gasteiger partial charge in [-0.3, -0.25) is 0 Å². The van der Waals surface area contributed by atoms with E-state index in [1.807, 2.05) is 11.3 Å². The van der Waals surface area contributed by atoms with Crippen LogP contribution in [0.2, 0.25) is 0 Å². The molecule has 1 aliphatic carbocycles. The Balaban J connectivity index is 2.10. The fourth-order valence-electron chi connectivity index (χ4n) is 2.50. The van der Waals surface area contributed by atoms with E-state index in [4.69, 9.17) is 9.72 Å². The standard InChI is InChI=1S/C16H29N3OS/c1-16(2,3)14-13(11-17-9-10-20-5)21-15(18-14)19(4)12-7-6-8-12/h12,17H,6-11H2,1-5H3. The summed E-state index contributed by atoms with van der Waals surface area (Å²) in [7, 11) is 3.93. The normalized spacial score (nSPS) is 16.0. The molecule has 0 aromatic carbocycles. The Hall–Kier alpha value is -0.650. The second kappa shape index (κ2) is 7.07. The number of ether oxygens (including phenoxy) is 1. The average molecular weight is 311 g/mol. The molecule has 0 amide bonds. The summed E-state index contributed by atoms with van der Waals surface area (Å²) in [5.74, 6) is 0. The number of hydrogen-bond acceptors (Lipinski definition) is 5. The number of rotatable bonds is 7. The number of nitrogens with zero attached hydrogens (tertiary/aromatic N) is 2. The summed E-state index contributed by atoms with van der Waals surface area (Å²) in [5, 5.41) is 4.63. The highest BCUT2D eigenvalue weighted by Gasteiger charge is 2.28. The lowest BCUT2D eigenvalue weighted by Crippen LogP contribution is -2.37. The van der Waals surface area contributed by atoms with E-state index in [9.17, 15) is 0 Å². The maximum atomic E-state index is 5.09. The van der Waals surface area contributed by atoms with Gasteiger partial charge in [0.25, 0.3) is 0 Å². The predicted octanol–water partition coefficient (Wildman–Crippen LogP) is 3.17. The Bertz CT molecular complexity index is 449. The number of nitrogens with one attached hydrogen (secondary N) is 1. The van der Waals surface area contributed by atoms with Crippen LogP contribution in [-0.2, 0) is 16.7 Å². The lowest BCUT2D eigenvalue weighted by Gasteiger charge is -2.34. The van der Waals surface area contributed by atoms with Crippen molar-refractivity contribution in [3.05, 3.63) is 10.6 Å². The number of methoxy groups -OCH3 is 1. The van der Waals surface area contributed by atoms with Crippen molar-refractivity contribution in [1.29, 1.82) is 0 Å². The molecule has 0 spiro atoms. The number of thiazole rings is 1. The zero-order valence-electron chi connectivity index (χ0n) is 14.0. The van der Waals surface area contributed by atoms with Crippen LogP contribution in [0, 0.1) is 0 Å². The summed E-state index contributed by atoms with van der Waals surface area (Å²) in [6.07, 6.45) is 3.97. The molecule has 2 rings (SSSR count). The summed E-state index contributed by atoms with van der Waals surface area (Å²) in [6, 6.07) is 0.693. The quantitative estimate of drug-likeness (QED) is 0.785. The van der Waals surface area contributed by atoms with Gasteiger partial charge in [-0.1, -0.05) is 20.8 Å². The lowest BCUT2D eigenvalue weighted by atomic mass is 9.91. The van der Waals surface area contributed by atoms with Crippen molar-refractivity contribution in [2.45, 2.75) is 58.0 Å². The Morgan fingerprint density at radius 2 is 2.10 bits per heavy atom. The smallest absolute Gasteiger partial charge is 0.185 e. The van der Waals surface area contributed by atoms with Gasteiger partial charge in [-0.15, -0.1) is 11.3 Å². The van der Waals surface area contributed by atoms with Gasteiger partial charge in [-0.05, 0) is 19.3 Å². The Morgan fingerprint density at radius 1 is 1.38 bits per heavy atom. The second-order valence-electron chi connectivity index (χ2n) is 6.88. The lowest BCUT2D eigenvalue weighted by molar-refractivity contribution is 0.199. The van der Waals surface area contributed by atoms with Crippen molar-refractivity contribution in [3.63, 3.8) is 0 Å². The van der Waals surface area contributed by atoms with Crippen LogP contribution in [0.1, 0.15) is 50.6 Å². The van der Waals surface area contributed by atoms with E-state index in [2.05, 4.69) is 38.0 Å².